The Bertz CT molecular complexity index is 411. The van der Waals surface area contributed by atoms with Gasteiger partial charge in [-0.3, -0.25) is 4.99 Å². The van der Waals surface area contributed by atoms with Crippen LogP contribution in [0.3, 0.4) is 0 Å². The molecule has 0 aliphatic carbocycles. The Kier molecular flexibility index (Phi) is 11.1. The summed E-state index contributed by atoms with van der Waals surface area (Å²) in [4.78, 5) is 9.50. The van der Waals surface area contributed by atoms with Gasteiger partial charge in [-0.25, -0.2) is 0 Å². The van der Waals surface area contributed by atoms with Crippen LogP contribution in [0.5, 0.6) is 0 Å². The van der Waals surface area contributed by atoms with Crippen molar-refractivity contribution in [1.82, 2.24) is 15.1 Å². The Morgan fingerprint density at radius 2 is 1.89 bits per heavy atom. The maximum atomic E-state index is 5.95. The molecule has 0 aromatic rings. The Hall–Kier alpha value is -0.850. The molecule has 0 spiro atoms. The maximum absolute atomic E-state index is 5.95. The van der Waals surface area contributed by atoms with Gasteiger partial charge in [0, 0.05) is 53.6 Å². The third-order valence-corrected chi connectivity index (χ3v) is 5.73. The lowest BCUT2D eigenvalue weighted by atomic mass is 10.0. The molecule has 2 rings (SSSR count). The van der Waals surface area contributed by atoms with E-state index in [2.05, 4.69) is 27.0 Å². The van der Waals surface area contributed by atoms with Gasteiger partial charge in [-0.15, -0.1) is 0 Å². The summed E-state index contributed by atoms with van der Waals surface area (Å²) in [5, 5.41) is 3.56. The molecular formula is C21H42N4O2. The second kappa shape index (κ2) is 13.3. The minimum absolute atomic E-state index is 0.392. The van der Waals surface area contributed by atoms with Gasteiger partial charge in [-0.1, -0.05) is 6.92 Å². The van der Waals surface area contributed by atoms with Crippen molar-refractivity contribution in [2.75, 3.05) is 66.6 Å². The highest BCUT2D eigenvalue weighted by atomic mass is 16.5. The van der Waals surface area contributed by atoms with E-state index in [1.165, 1.54) is 45.3 Å². The molecule has 27 heavy (non-hydrogen) atoms. The SMILES string of the molecule is CN=C(NCCCCN1CCCC(C)C1)N1CCC(OCCCOC)CC1. The first-order valence-electron chi connectivity index (χ1n) is 11.0. The van der Waals surface area contributed by atoms with Crippen LogP contribution < -0.4 is 5.32 Å². The number of nitrogens with one attached hydrogen (secondary N) is 1. The molecule has 0 radical (unpaired) electrons. The van der Waals surface area contributed by atoms with Crippen LogP contribution in [0.15, 0.2) is 4.99 Å². The van der Waals surface area contributed by atoms with Crippen molar-refractivity contribution >= 4 is 5.96 Å². The average molecular weight is 383 g/mol. The quantitative estimate of drug-likeness (QED) is 0.358. The van der Waals surface area contributed by atoms with E-state index < -0.39 is 0 Å². The number of guanidine groups is 1. The van der Waals surface area contributed by atoms with E-state index in [0.717, 1.165) is 64.0 Å². The van der Waals surface area contributed by atoms with Gasteiger partial charge in [-0.2, -0.15) is 0 Å². The lowest BCUT2D eigenvalue weighted by Crippen LogP contribution is -2.47. The van der Waals surface area contributed by atoms with E-state index in [-0.39, 0.29) is 0 Å². The lowest BCUT2D eigenvalue weighted by molar-refractivity contribution is 0.00991. The zero-order valence-corrected chi connectivity index (χ0v) is 17.9. The van der Waals surface area contributed by atoms with Crippen molar-refractivity contribution in [2.45, 2.75) is 58.0 Å². The number of methoxy groups -OCH3 is 1. The molecule has 2 fully saturated rings. The summed E-state index contributed by atoms with van der Waals surface area (Å²) in [7, 11) is 3.63. The van der Waals surface area contributed by atoms with Crippen molar-refractivity contribution in [3.8, 4) is 0 Å². The highest BCUT2D eigenvalue weighted by Crippen LogP contribution is 2.16. The first kappa shape index (κ1) is 22.4. The molecule has 2 heterocycles. The van der Waals surface area contributed by atoms with E-state index in [0.29, 0.717) is 6.10 Å². The third kappa shape index (κ3) is 8.79. The Labute approximate surface area is 166 Å². The molecule has 2 saturated heterocycles. The molecule has 6 nitrogen and oxygen atoms in total. The Morgan fingerprint density at radius 1 is 1.07 bits per heavy atom. The summed E-state index contributed by atoms with van der Waals surface area (Å²) >= 11 is 0. The van der Waals surface area contributed by atoms with E-state index in [1.807, 2.05) is 7.05 Å². The van der Waals surface area contributed by atoms with Crippen LogP contribution in [0.1, 0.15) is 51.9 Å². The summed E-state index contributed by atoms with van der Waals surface area (Å²) < 4.78 is 11.0. The summed E-state index contributed by atoms with van der Waals surface area (Å²) in [6, 6.07) is 0. The fraction of sp³-hybridized carbons (Fsp3) is 0.952. The molecule has 1 atom stereocenters. The van der Waals surface area contributed by atoms with E-state index >= 15 is 0 Å². The van der Waals surface area contributed by atoms with Gasteiger partial charge in [0.1, 0.15) is 0 Å². The highest BCUT2D eigenvalue weighted by Gasteiger charge is 2.21. The van der Waals surface area contributed by atoms with E-state index in [9.17, 15) is 0 Å². The normalized spacial score (nSPS) is 23.0. The van der Waals surface area contributed by atoms with Gasteiger partial charge < -0.3 is 24.6 Å². The van der Waals surface area contributed by atoms with Crippen LogP contribution in [0.25, 0.3) is 0 Å². The first-order valence-corrected chi connectivity index (χ1v) is 11.0. The molecule has 0 aromatic carbocycles. The van der Waals surface area contributed by atoms with Crippen LogP contribution in [-0.4, -0.2) is 88.5 Å². The smallest absolute Gasteiger partial charge is 0.193 e. The maximum Gasteiger partial charge on any atom is 0.193 e. The van der Waals surface area contributed by atoms with Gasteiger partial charge in [0.15, 0.2) is 5.96 Å². The fourth-order valence-electron chi connectivity index (χ4n) is 4.17. The number of piperidine rings is 2. The molecular weight excluding hydrogens is 340 g/mol. The summed E-state index contributed by atoms with van der Waals surface area (Å²) in [5.74, 6) is 1.93. The number of unbranched alkanes of at least 4 members (excludes halogenated alkanes) is 1. The van der Waals surface area contributed by atoms with Gasteiger partial charge in [0.25, 0.3) is 0 Å². The van der Waals surface area contributed by atoms with E-state index in [4.69, 9.17) is 9.47 Å². The second-order valence-electron chi connectivity index (χ2n) is 8.13. The van der Waals surface area contributed by atoms with Crippen molar-refractivity contribution in [1.29, 1.82) is 0 Å². The molecule has 158 valence electrons. The number of likely N-dealkylation sites (tertiary alicyclic amines) is 2. The molecule has 0 aromatic heterocycles. The number of ether oxygens (including phenoxy) is 2. The van der Waals surface area contributed by atoms with Crippen molar-refractivity contribution in [3.63, 3.8) is 0 Å². The van der Waals surface area contributed by atoms with Crippen LogP contribution in [0.2, 0.25) is 0 Å². The minimum atomic E-state index is 0.392. The molecule has 2 aliphatic rings. The van der Waals surface area contributed by atoms with Crippen LogP contribution in [0, 0.1) is 5.92 Å². The Morgan fingerprint density at radius 3 is 2.59 bits per heavy atom. The predicted octanol–water partition coefficient (Wildman–Crippen LogP) is 2.59. The summed E-state index contributed by atoms with van der Waals surface area (Å²) in [6.45, 7) is 10.9. The standard InChI is InChI=1S/C21H42N4O2/c1-19-8-6-13-24(18-19)12-5-4-11-23-21(22-2)25-14-9-20(10-15-25)27-17-7-16-26-3/h19-20H,4-18H2,1-3H3,(H,22,23). The van der Waals surface area contributed by atoms with Crippen molar-refractivity contribution in [2.24, 2.45) is 10.9 Å². The predicted molar refractivity (Wildman–Crippen MR) is 112 cm³/mol. The monoisotopic (exact) mass is 382 g/mol. The molecule has 2 aliphatic heterocycles. The third-order valence-electron chi connectivity index (χ3n) is 5.73. The molecule has 6 heteroatoms. The van der Waals surface area contributed by atoms with Gasteiger partial charge in [0.05, 0.1) is 6.10 Å². The van der Waals surface area contributed by atoms with Crippen molar-refractivity contribution < 1.29 is 9.47 Å². The van der Waals surface area contributed by atoms with Crippen LogP contribution in [0.4, 0.5) is 0 Å². The average Bonchev–Trinajstić information content (AvgIpc) is 2.69. The largest absolute Gasteiger partial charge is 0.385 e. The second-order valence-corrected chi connectivity index (χ2v) is 8.13. The zero-order chi connectivity index (χ0) is 19.3. The molecule has 1 unspecified atom stereocenters. The number of nitrogens with zero attached hydrogens (tertiary/aromatic N) is 3. The van der Waals surface area contributed by atoms with Gasteiger partial charge in [0.2, 0.25) is 0 Å². The Balaban J connectivity index is 1.54. The van der Waals surface area contributed by atoms with Gasteiger partial charge in [-0.05, 0) is 64.0 Å². The zero-order valence-electron chi connectivity index (χ0n) is 17.9. The molecule has 0 amide bonds. The van der Waals surface area contributed by atoms with Crippen LogP contribution >= 0.6 is 0 Å². The topological polar surface area (TPSA) is 49.3 Å². The summed E-state index contributed by atoms with van der Waals surface area (Å²) in [6.07, 6.45) is 8.80. The number of aliphatic imine (C=N–C) groups is 1. The minimum Gasteiger partial charge on any atom is -0.385 e. The van der Waals surface area contributed by atoms with Crippen molar-refractivity contribution in [3.05, 3.63) is 0 Å². The number of hydrogen-bond acceptors (Lipinski definition) is 4. The van der Waals surface area contributed by atoms with E-state index in [1.54, 1.807) is 7.11 Å². The fourth-order valence-corrected chi connectivity index (χ4v) is 4.17. The van der Waals surface area contributed by atoms with Gasteiger partial charge >= 0.3 is 0 Å². The summed E-state index contributed by atoms with van der Waals surface area (Å²) in [5.41, 5.74) is 0. The molecule has 1 N–H and O–H groups in total. The molecule has 0 bridgehead atoms. The first-order chi connectivity index (χ1) is 13.2. The molecule has 0 saturated carbocycles. The van der Waals surface area contributed by atoms with Crippen LogP contribution in [-0.2, 0) is 9.47 Å². The number of rotatable bonds is 10. The lowest BCUT2D eigenvalue weighted by Gasteiger charge is -2.34. The highest BCUT2D eigenvalue weighted by molar-refractivity contribution is 5.79. The number of hydrogen-bond donors (Lipinski definition) is 1.